The lowest BCUT2D eigenvalue weighted by atomic mass is 9.48. The summed E-state index contributed by atoms with van der Waals surface area (Å²) in [5, 5.41) is 0. The number of halogens is 2. The van der Waals surface area contributed by atoms with Crippen LogP contribution in [0.5, 0.6) is 5.75 Å². The van der Waals surface area contributed by atoms with Gasteiger partial charge < -0.3 is 14.2 Å². The highest BCUT2D eigenvalue weighted by Crippen LogP contribution is 2.61. The zero-order valence-electron chi connectivity index (χ0n) is 18.1. The maximum Gasteiger partial charge on any atom is 0.508 e. The SMILES string of the molecule is CC(C)(C)OC(=O)OCCCOc1ccc(C23CC4CC(CC(C4)C2)C3)c(F)c1F. The molecule has 1 aromatic carbocycles. The summed E-state index contributed by atoms with van der Waals surface area (Å²) in [6.07, 6.45) is 6.34. The number of carbonyl (C=O) groups is 1. The van der Waals surface area contributed by atoms with Crippen LogP contribution in [0.4, 0.5) is 13.6 Å². The second-order valence-electron chi connectivity index (χ2n) is 10.5. The number of benzene rings is 1. The molecule has 0 aliphatic heterocycles. The third kappa shape index (κ3) is 4.42. The molecule has 0 heterocycles. The molecule has 0 aromatic heterocycles. The Kier molecular flexibility index (Phi) is 5.71. The van der Waals surface area contributed by atoms with Crippen LogP contribution in [-0.4, -0.2) is 25.0 Å². The fourth-order valence-electron chi connectivity index (χ4n) is 6.17. The van der Waals surface area contributed by atoms with E-state index in [1.807, 2.05) is 0 Å². The molecule has 4 fully saturated rings. The van der Waals surface area contributed by atoms with Crippen molar-refractivity contribution in [1.82, 2.24) is 0 Å². The summed E-state index contributed by atoms with van der Waals surface area (Å²) < 4.78 is 45.3. The van der Waals surface area contributed by atoms with Crippen molar-refractivity contribution < 1.29 is 27.8 Å². The van der Waals surface area contributed by atoms with Gasteiger partial charge >= 0.3 is 6.16 Å². The predicted molar refractivity (Wildman–Crippen MR) is 109 cm³/mol. The van der Waals surface area contributed by atoms with E-state index in [9.17, 15) is 9.18 Å². The maximum atomic E-state index is 15.1. The molecular weight excluding hydrogens is 390 g/mol. The average molecular weight is 423 g/mol. The van der Waals surface area contributed by atoms with Crippen molar-refractivity contribution in [3.63, 3.8) is 0 Å². The van der Waals surface area contributed by atoms with E-state index in [0.717, 1.165) is 19.3 Å². The van der Waals surface area contributed by atoms with Crippen molar-refractivity contribution in [1.29, 1.82) is 0 Å². The topological polar surface area (TPSA) is 44.8 Å². The summed E-state index contributed by atoms with van der Waals surface area (Å²) in [5.41, 5.74) is -0.272. The molecule has 0 amide bonds. The fourth-order valence-corrected chi connectivity index (χ4v) is 6.17. The fraction of sp³-hybridized carbons (Fsp3) is 0.708. The van der Waals surface area contributed by atoms with Gasteiger partial charge in [-0.3, -0.25) is 0 Å². The Labute approximate surface area is 177 Å². The van der Waals surface area contributed by atoms with Crippen LogP contribution in [0.15, 0.2) is 12.1 Å². The van der Waals surface area contributed by atoms with Crippen LogP contribution in [0, 0.1) is 29.4 Å². The number of rotatable bonds is 6. The first-order valence-electron chi connectivity index (χ1n) is 11.1. The van der Waals surface area contributed by atoms with Gasteiger partial charge in [0.25, 0.3) is 0 Å². The summed E-state index contributed by atoms with van der Waals surface area (Å²) in [5.74, 6) is 0.257. The third-order valence-corrected chi connectivity index (χ3v) is 6.81. The summed E-state index contributed by atoms with van der Waals surface area (Å²) >= 11 is 0. The largest absolute Gasteiger partial charge is 0.508 e. The molecule has 30 heavy (non-hydrogen) atoms. The molecular formula is C24H32F2O4. The molecule has 0 unspecified atom stereocenters. The molecule has 0 atom stereocenters. The minimum Gasteiger partial charge on any atom is -0.490 e. The van der Waals surface area contributed by atoms with Gasteiger partial charge in [0, 0.05) is 6.42 Å². The van der Waals surface area contributed by atoms with Gasteiger partial charge in [-0.2, -0.15) is 4.39 Å². The van der Waals surface area contributed by atoms with E-state index in [0.29, 0.717) is 29.7 Å². The van der Waals surface area contributed by atoms with Gasteiger partial charge in [0.1, 0.15) is 5.60 Å². The highest BCUT2D eigenvalue weighted by Gasteiger charge is 2.52. The Morgan fingerprint density at radius 2 is 1.60 bits per heavy atom. The van der Waals surface area contributed by atoms with Gasteiger partial charge in [-0.15, -0.1) is 0 Å². The molecule has 0 radical (unpaired) electrons. The second kappa shape index (κ2) is 8.01. The van der Waals surface area contributed by atoms with E-state index in [1.54, 1.807) is 32.9 Å². The Morgan fingerprint density at radius 1 is 1.00 bits per heavy atom. The lowest BCUT2D eigenvalue weighted by molar-refractivity contribution is -0.00856. The van der Waals surface area contributed by atoms with Gasteiger partial charge in [0.2, 0.25) is 5.82 Å². The van der Waals surface area contributed by atoms with E-state index >= 15 is 4.39 Å². The minimum atomic E-state index is -0.906. The average Bonchev–Trinajstić information content (AvgIpc) is 2.62. The van der Waals surface area contributed by atoms with Gasteiger partial charge in [-0.05, 0) is 94.1 Å². The Bertz CT molecular complexity index is 764. The zero-order valence-corrected chi connectivity index (χ0v) is 18.1. The van der Waals surface area contributed by atoms with E-state index in [2.05, 4.69) is 0 Å². The van der Waals surface area contributed by atoms with Gasteiger partial charge in [0.05, 0.1) is 13.2 Å². The molecule has 0 saturated heterocycles. The van der Waals surface area contributed by atoms with Crippen molar-refractivity contribution in [2.75, 3.05) is 13.2 Å². The van der Waals surface area contributed by atoms with Crippen molar-refractivity contribution >= 4 is 6.16 Å². The standard InChI is InChI=1S/C24H32F2O4/c1-23(2,3)30-22(27)29-8-4-7-28-19-6-5-18(20(25)21(19)26)24-12-15-9-16(13-24)11-17(10-15)14-24/h5-6,15-17H,4,7-14H2,1-3H3. The van der Waals surface area contributed by atoms with Crippen molar-refractivity contribution in [3.8, 4) is 5.75 Å². The van der Waals surface area contributed by atoms with Crippen LogP contribution >= 0.6 is 0 Å². The summed E-state index contributed by atoms with van der Waals surface area (Å²) in [7, 11) is 0. The van der Waals surface area contributed by atoms with E-state index in [-0.39, 0.29) is 24.4 Å². The van der Waals surface area contributed by atoms with Crippen molar-refractivity contribution in [2.45, 2.75) is 76.7 Å². The highest BCUT2D eigenvalue weighted by molar-refractivity contribution is 5.60. The quantitative estimate of drug-likeness (QED) is 0.407. The number of hydrogen-bond acceptors (Lipinski definition) is 4. The Balaban J connectivity index is 1.33. The smallest absolute Gasteiger partial charge is 0.490 e. The lowest BCUT2D eigenvalue weighted by Gasteiger charge is -2.57. The van der Waals surface area contributed by atoms with Crippen LogP contribution in [0.2, 0.25) is 0 Å². The molecule has 0 N–H and O–H groups in total. The molecule has 4 saturated carbocycles. The van der Waals surface area contributed by atoms with E-state index in [4.69, 9.17) is 14.2 Å². The number of carbonyl (C=O) groups excluding carboxylic acids is 1. The molecule has 1 aromatic rings. The monoisotopic (exact) mass is 422 g/mol. The number of hydrogen-bond donors (Lipinski definition) is 0. The van der Waals surface area contributed by atoms with E-state index < -0.39 is 23.4 Å². The van der Waals surface area contributed by atoms with Crippen LogP contribution in [0.3, 0.4) is 0 Å². The predicted octanol–water partition coefficient (Wildman–Crippen LogP) is 6.15. The molecule has 4 nitrogen and oxygen atoms in total. The molecule has 4 aliphatic carbocycles. The molecule has 4 bridgehead atoms. The normalized spacial score (nSPS) is 29.7. The summed E-state index contributed by atoms with van der Waals surface area (Å²) in [6.45, 7) is 5.46. The number of ether oxygens (including phenoxy) is 3. The van der Waals surface area contributed by atoms with Crippen molar-refractivity contribution in [2.24, 2.45) is 17.8 Å². The van der Waals surface area contributed by atoms with Crippen LogP contribution in [0.25, 0.3) is 0 Å². The zero-order chi connectivity index (χ0) is 21.5. The molecule has 166 valence electrons. The summed E-state index contributed by atoms with van der Waals surface area (Å²) in [6, 6.07) is 3.29. The first-order chi connectivity index (χ1) is 14.2. The first kappa shape index (κ1) is 21.4. The van der Waals surface area contributed by atoms with Gasteiger partial charge in [-0.1, -0.05) is 6.07 Å². The molecule has 0 spiro atoms. The van der Waals surface area contributed by atoms with Crippen molar-refractivity contribution in [3.05, 3.63) is 29.3 Å². The van der Waals surface area contributed by atoms with Gasteiger partial charge in [-0.25, -0.2) is 9.18 Å². The first-order valence-corrected chi connectivity index (χ1v) is 11.1. The Morgan fingerprint density at radius 3 is 2.17 bits per heavy atom. The van der Waals surface area contributed by atoms with Crippen LogP contribution in [-0.2, 0) is 14.9 Å². The minimum absolute atomic E-state index is 0.0850. The van der Waals surface area contributed by atoms with Crippen LogP contribution in [0.1, 0.15) is 71.3 Å². The van der Waals surface area contributed by atoms with E-state index in [1.165, 1.54) is 19.3 Å². The second-order valence-corrected chi connectivity index (χ2v) is 10.5. The highest BCUT2D eigenvalue weighted by atomic mass is 19.2. The summed E-state index contributed by atoms with van der Waals surface area (Å²) in [4.78, 5) is 11.5. The Hall–Kier alpha value is -1.85. The maximum absolute atomic E-state index is 15.1. The molecule has 4 aliphatic rings. The van der Waals surface area contributed by atoms with Gasteiger partial charge in [0.15, 0.2) is 11.6 Å². The lowest BCUT2D eigenvalue weighted by Crippen LogP contribution is -2.49. The third-order valence-electron chi connectivity index (χ3n) is 6.81. The molecule has 6 heteroatoms. The van der Waals surface area contributed by atoms with Crippen LogP contribution < -0.4 is 4.74 Å². The molecule has 5 rings (SSSR count).